The molecule has 0 amide bonds. The van der Waals surface area contributed by atoms with E-state index in [0.29, 0.717) is 11.8 Å². The second kappa shape index (κ2) is 5.47. The maximum Gasteiger partial charge on any atom is 0.229 e. The van der Waals surface area contributed by atoms with Gasteiger partial charge >= 0.3 is 0 Å². The Balaban J connectivity index is 1.73. The monoisotopic (exact) mass is 277 g/mol. The molecule has 0 radical (unpaired) electrons. The van der Waals surface area contributed by atoms with Crippen molar-refractivity contribution in [3.8, 4) is 0 Å². The van der Waals surface area contributed by atoms with Crippen LogP contribution in [0.25, 0.3) is 0 Å². The molecule has 2 saturated carbocycles. The number of nitrogens with zero attached hydrogens (tertiary/aromatic N) is 2. The molecule has 2 fully saturated rings. The highest BCUT2D eigenvalue weighted by Crippen LogP contribution is 2.39. The molecule has 0 spiro atoms. The molecule has 4 heteroatoms. The molecule has 1 aromatic rings. The minimum absolute atomic E-state index is 0.360. The molecule has 2 aliphatic carbocycles. The Morgan fingerprint density at radius 1 is 1.10 bits per heavy atom. The third-order valence-corrected chi connectivity index (χ3v) is 5.28. The van der Waals surface area contributed by atoms with Gasteiger partial charge in [0.25, 0.3) is 0 Å². The van der Waals surface area contributed by atoms with E-state index in [1.165, 1.54) is 38.5 Å². The van der Waals surface area contributed by atoms with Crippen molar-refractivity contribution in [3.05, 3.63) is 11.7 Å². The predicted octanol–water partition coefficient (Wildman–Crippen LogP) is 3.73. The quantitative estimate of drug-likeness (QED) is 0.894. The van der Waals surface area contributed by atoms with Gasteiger partial charge in [0, 0.05) is 5.92 Å². The standard InChI is InChI=1S/C16H27N3O/c1-11-5-7-13(8-6-11)14-18-15(19-20-14)16(17)9-3-4-12(2)10-16/h11-13H,3-10,17H2,1-2H3. The van der Waals surface area contributed by atoms with Crippen molar-refractivity contribution in [1.29, 1.82) is 0 Å². The first-order valence-electron chi connectivity index (χ1n) is 8.20. The minimum Gasteiger partial charge on any atom is -0.339 e. The number of rotatable bonds is 2. The summed E-state index contributed by atoms with van der Waals surface area (Å²) in [6.07, 6.45) is 9.30. The van der Waals surface area contributed by atoms with E-state index in [-0.39, 0.29) is 5.54 Å². The summed E-state index contributed by atoms with van der Waals surface area (Å²) in [4.78, 5) is 4.69. The van der Waals surface area contributed by atoms with Crippen molar-refractivity contribution in [2.75, 3.05) is 0 Å². The Morgan fingerprint density at radius 2 is 1.85 bits per heavy atom. The fourth-order valence-corrected chi connectivity index (χ4v) is 3.91. The van der Waals surface area contributed by atoms with Crippen molar-refractivity contribution >= 4 is 0 Å². The van der Waals surface area contributed by atoms with Crippen molar-refractivity contribution in [1.82, 2.24) is 10.1 Å². The molecule has 0 saturated heterocycles. The van der Waals surface area contributed by atoms with Crippen molar-refractivity contribution in [2.45, 2.75) is 76.7 Å². The Bertz CT molecular complexity index is 450. The Morgan fingerprint density at radius 3 is 2.55 bits per heavy atom. The largest absolute Gasteiger partial charge is 0.339 e. The fraction of sp³-hybridized carbons (Fsp3) is 0.875. The van der Waals surface area contributed by atoms with Crippen LogP contribution in [0.4, 0.5) is 0 Å². The molecule has 2 unspecified atom stereocenters. The van der Waals surface area contributed by atoms with Crippen LogP contribution in [-0.4, -0.2) is 10.1 Å². The van der Waals surface area contributed by atoms with Gasteiger partial charge in [-0.25, -0.2) is 0 Å². The highest BCUT2D eigenvalue weighted by molar-refractivity contribution is 5.08. The van der Waals surface area contributed by atoms with Crippen LogP contribution in [0.2, 0.25) is 0 Å². The van der Waals surface area contributed by atoms with Crippen molar-refractivity contribution in [3.63, 3.8) is 0 Å². The van der Waals surface area contributed by atoms with Gasteiger partial charge in [0.2, 0.25) is 5.89 Å². The molecule has 0 aromatic carbocycles. The van der Waals surface area contributed by atoms with Gasteiger partial charge in [-0.1, -0.05) is 31.8 Å². The van der Waals surface area contributed by atoms with Crippen LogP contribution in [0.5, 0.6) is 0 Å². The van der Waals surface area contributed by atoms with E-state index in [4.69, 9.17) is 10.3 Å². The summed E-state index contributed by atoms with van der Waals surface area (Å²) in [6.45, 7) is 4.60. The number of hydrogen-bond donors (Lipinski definition) is 1. The molecule has 1 aromatic heterocycles. The first-order valence-corrected chi connectivity index (χ1v) is 8.20. The third-order valence-electron chi connectivity index (χ3n) is 5.28. The van der Waals surface area contributed by atoms with Crippen molar-refractivity contribution in [2.24, 2.45) is 17.6 Å². The smallest absolute Gasteiger partial charge is 0.229 e. The van der Waals surface area contributed by atoms with E-state index in [9.17, 15) is 0 Å². The lowest BCUT2D eigenvalue weighted by Crippen LogP contribution is -2.42. The lowest BCUT2D eigenvalue weighted by atomic mass is 9.76. The highest BCUT2D eigenvalue weighted by atomic mass is 16.5. The van der Waals surface area contributed by atoms with E-state index in [0.717, 1.165) is 30.5 Å². The molecule has 0 bridgehead atoms. The Hall–Kier alpha value is -0.900. The van der Waals surface area contributed by atoms with Crippen LogP contribution < -0.4 is 5.73 Å². The molecule has 20 heavy (non-hydrogen) atoms. The minimum atomic E-state index is -0.360. The molecule has 0 aliphatic heterocycles. The lowest BCUT2D eigenvalue weighted by molar-refractivity contribution is 0.220. The van der Waals surface area contributed by atoms with Crippen LogP contribution in [0.1, 0.15) is 82.8 Å². The van der Waals surface area contributed by atoms with Gasteiger partial charge < -0.3 is 10.3 Å². The first-order chi connectivity index (χ1) is 9.57. The summed E-state index contributed by atoms with van der Waals surface area (Å²) >= 11 is 0. The summed E-state index contributed by atoms with van der Waals surface area (Å²) in [5.41, 5.74) is 6.19. The molecule has 2 N–H and O–H groups in total. The number of nitrogens with two attached hydrogens (primary N) is 1. The third kappa shape index (κ3) is 2.76. The second-order valence-corrected chi connectivity index (χ2v) is 7.27. The SMILES string of the molecule is CC1CCC(c2nc(C3(N)CCCC(C)C3)no2)CC1. The van der Waals surface area contributed by atoms with E-state index in [1.807, 2.05) is 0 Å². The summed E-state index contributed by atoms with van der Waals surface area (Å²) < 4.78 is 5.55. The van der Waals surface area contributed by atoms with Crippen LogP contribution in [0, 0.1) is 11.8 Å². The number of aromatic nitrogens is 2. The summed E-state index contributed by atoms with van der Waals surface area (Å²) in [5.74, 6) is 3.53. The van der Waals surface area contributed by atoms with Gasteiger partial charge in [-0.15, -0.1) is 0 Å². The van der Waals surface area contributed by atoms with E-state index in [1.54, 1.807) is 0 Å². The van der Waals surface area contributed by atoms with E-state index in [2.05, 4.69) is 24.0 Å². The molecule has 1 heterocycles. The van der Waals surface area contributed by atoms with Gasteiger partial charge in [0.1, 0.15) is 0 Å². The topological polar surface area (TPSA) is 64.9 Å². The average molecular weight is 277 g/mol. The van der Waals surface area contributed by atoms with Gasteiger partial charge in [-0.05, 0) is 50.4 Å². The second-order valence-electron chi connectivity index (χ2n) is 7.27. The molecule has 112 valence electrons. The molecule has 3 rings (SSSR count). The molecule has 4 nitrogen and oxygen atoms in total. The number of hydrogen-bond acceptors (Lipinski definition) is 4. The Labute approximate surface area is 121 Å². The zero-order valence-electron chi connectivity index (χ0n) is 12.8. The van der Waals surface area contributed by atoms with Crippen LogP contribution >= 0.6 is 0 Å². The summed E-state index contributed by atoms with van der Waals surface area (Å²) in [7, 11) is 0. The lowest BCUT2D eigenvalue weighted by Gasteiger charge is -2.33. The Kier molecular flexibility index (Phi) is 3.85. The van der Waals surface area contributed by atoms with Gasteiger partial charge in [0.15, 0.2) is 5.82 Å². The average Bonchev–Trinajstić information content (AvgIpc) is 2.90. The summed E-state index contributed by atoms with van der Waals surface area (Å²) in [6, 6.07) is 0. The van der Waals surface area contributed by atoms with Crippen LogP contribution in [-0.2, 0) is 5.54 Å². The predicted molar refractivity (Wildman–Crippen MR) is 78.2 cm³/mol. The molecule has 2 atom stereocenters. The van der Waals surface area contributed by atoms with Crippen LogP contribution in [0.3, 0.4) is 0 Å². The maximum absolute atomic E-state index is 6.55. The van der Waals surface area contributed by atoms with Gasteiger partial charge in [0.05, 0.1) is 5.54 Å². The van der Waals surface area contributed by atoms with Crippen LogP contribution in [0.15, 0.2) is 4.52 Å². The van der Waals surface area contributed by atoms with Gasteiger partial charge in [-0.3, -0.25) is 0 Å². The summed E-state index contributed by atoms with van der Waals surface area (Å²) in [5, 5.41) is 4.23. The molecular weight excluding hydrogens is 250 g/mol. The zero-order chi connectivity index (χ0) is 14.2. The van der Waals surface area contributed by atoms with E-state index >= 15 is 0 Å². The maximum atomic E-state index is 6.55. The highest BCUT2D eigenvalue weighted by Gasteiger charge is 2.37. The first kappa shape index (κ1) is 14.1. The van der Waals surface area contributed by atoms with E-state index < -0.39 is 0 Å². The van der Waals surface area contributed by atoms with Crippen molar-refractivity contribution < 1.29 is 4.52 Å². The fourth-order valence-electron chi connectivity index (χ4n) is 3.91. The molecular formula is C16H27N3O. The van der Waals surface area contributed by atoms with Gasteiger partial charge in [-0.2, -0.15) is 4.98 Å². The zero-order valence-corrected chi connectivity index (χ0v) is 12.8. The molecule has 2 aliphatic rings. The normalized spacial score (nSPS) is 38.9.